The standard InChI is InChI=1S/C15H15ClN2O/c1-10-7-14(10)15-6-5-13(19-15)9-17-18-12-4-2-3-11(16)8-12/h2-6,8-10,14,18H,7H2,1H3/b17-9-/t10-,14-/m0/s1. The molecule has 1 aromatic heterocycles. The van der Waals surface area contributed by atoms with E-state index in [4.69, 9.17) is 16.0 Å². The van der Waals surface area contributed by atoms with Crippen molar-refractivity contribution in [2.75, 3.05) is 5.43 Å². The van der Waals surface area contributed by atoms with Gasteiger partial charge >= 0.3 is 0 Å². The highest BCUT2D eigenvalue weighted by Crippen LogP contribution is 2.47. The first-order valence-corrected chi connectivity index (χ1v) is 6.74. The predicted molar refractivity (Wildman–Crippen MR) is 77.9 cm³/mol. The Bertz CT molecular complexity index is 606. The van der Waals surface area contributed by atoms with E-state index in [1.807, 2.05) is 36.4 Å². The molecule has 0 aliphatic heterocycles. The SMILES string of the molecule is C[C@H]1C[C@@H]1c1ccc(/C=N\Nc2cccc(Cl)c2)o1. The summed E-state index contributed by atoms with van der Waals surface area (Å²) < 4.78 is 5.72. The number of furan rings is 1. The molecule has 98 valence electrons. The number of hydrogen-bond donors (Lipinski definition) is 1. The van der Waals surface area contributed by atoms with Gasteiger partial charge in [0.15, 0.2) is 0 Å². The zero-order chi connectivity index (χ0) is 13.2. The smallest absolute Gasteiger partial charge is 0.147 e. The summed E-state index contributed by atoms with van der Waals surface area (Å²) in [4.78, 5) is 0. The van der Waals surface area contributed by atoms with Crippen LogP contribution in [0.15, 0.2) is 45.9 Å². The van der Waals surface area contributed by atoms with Crippen LogP contribution in [0.5, 0.6) is 0 Å². The maximum atomic E-state index is 5.89. The molecular weight excluding hydrogens is 260 g/mol. The summed E-state index contributed by atoms with van der Waals surface area (Å²) in [5.41, 5.74) is 3.77. The van der Waals surface area contributed by atoms with Gasteiger partial charge in [0.05, 0.1) is 11.9 Å². The van der Waals surface area contributed by atoms with Crippen LogP contribution in [0.2, 0.25) is 5.02 Å². The largest absolute Gasteiger partial charge is 0.460 e. The van der Waals surface area contributed by atoms with Gasteiger partial charge in [0.1, 0.15) is 11.5 Å². The summed E-state index contributed by atoms with van der Waals surface area (Å²) in [5, 5.41) is 4.82. The topological polar surface area (TPSA) is 37.5 Å². The lowest BCUT2D eigenvalue weighted by Crippen LogP contribution is -1.89. The molecule has 1 fully saturated rings. The Hall–Kier alpha value is -1.74. The minimum absolute atomic E-state index is 0.600. The average Bonchev–Trinajstić information content (AvgIpc) is 2.93. The second-order valence-corrected chi connectivity index (χ2v) is 5.38. The second-order valence-electron chi connectivity index (χ2n) is 4.94. The molecule has 19 heavy (non-hydrogen) atoms. The highest BCUT2D eigenvalue weighted by molar-refractivity contribution is 6.30. The van der Waals surface area contributed by atoms with E-state index in [0.717, 1.165) is 23.1 Å². The summed E-state index contributed by atoms with van der Waals surface area (Å²) >= 11 is 5.89. The zero-order valence-electron chi connectivity index (χ0n) is 10.6. The van der Waals surface area contributed by atoms with Crippen molar-refractivity contribution in [3.63, 3.8) is 0 Å². The molecular formula is C15H15ClN2O. The van der Waals surface area contributed by atoms with Crippen LogP contribution in [0.4, 0.5) is 5.69 Å². The number of hydrazone groups is 1. The Balaban J connectivity index is 1.61. The van der Waals surface area contributed by atoms with Crippen LogP contribution in [0, 0.1) is 5.92 Å². The molecule has 1 heterocycles. The second kappa shape index (κ2) is 5.10. The molecule has 0 bridgehead atoms. The number of benzene rings is 1. The van der Waals surface area contributed by atoms with E-state index in [1.165, 1.54) is 6.42 Å². The van der Waals surface area contributed by atoms with Gasteiger partial charge in [-0.2, -0.15) is 5.10 Å². The van der Waals surface area contributed by atoms with Crippen LogP contribution in [0.1, 0.15) is 30.8 Å². The number of halogens is 1. The van der Waals surface area contributed by atoms with Crippen molar-refractivity contribution in [3.8, 4) is 0 Å². The predicted octanol–water partition coefficient (Wildman–Crippen LogP) is 4.50. The van der Waals surface area contributed by atoms with E-state index in [1.54, 1.807) is 6.21 Å². The van der Waals surface area contributed by atoms with Crippen molar-refractivity contribution in [1.29, 1.82) is 0 Å². The molecule has 2 atom stereocenters. The average molecular weight is 275 g/mol. The molecule has 0 saturated heterocycles. The third kappa shape index (κ3) is 2.99. The minimum atomic E-state index is 0.600. The molecule has 2 aromatic rings. The van der Waals surface area contributed by atoms with Gasteiger partial charge in [-0.05, 0) is 42.7 Å². The van der Waals surface area contributed by atoms with Gasteiger partial charge in [0, 0.05) is 10.9 Å². The molecule has 4 heteroatoms. The molecule has 0 amide bonds. The van der Waals surface area contributed by atoms with Crippen LogP contribution in [0.3, 0.4) is 0 Å². The van der Waals surface area contributed by atoms with Crippen molar-refractivity contribution in [2.24, 2.45) is 11.0 Å². The number of nitrogens with zero attached hydrogens (tertiary/aromatic N) is 1. The highest BCUT2D eigenvalue weighted by atomic mass is 35.5. The van der Waals surface area contributed by atoms with Crippen molar-refractivity contribution in [2.45, 2.75) is 19.3 Å². The highest BCUT2D eigenvalue weighted by Gasteiger charge is 2.36. The summed E-state index contributed by atoms with van der Waals surface area (Å²) in [6.45, 7) is 2.24. The molecule has 1 N–H and O–H groups in total. The third-order valence-corrected chi connectivity index (χ3v) is 3.57. The third-order valence-electron chi connectivity index (χ3n) is 3.33. The summed E-state index contributed by atoms with van der Waals surface area (Å²) in [6.07, 6.45) is 2.91. The lowest BCUT2D eigenvalue weighted by Gasteiger charge is -1.99. The van der Waals surface area contributed by atoms with Gasteiger partial charge in [-0.25, -0.2) is 0 Å². The van der Waals surface area contributed by atoms with E-state index in [2.05, 4.69) is 17.5 Å². The molecule has 0 radical (unpaired) electrons. The number of rotatable bonds is 4. The van der Waals surface area contributed by atoms with Crippen molar-refractivity contribution >= 4 is 23.5 Å². The Labute approximate surface area is 117 Å². The fraction of sp³-hybridized carbons (Fsp3) is 0.267. The first kappa shape index (κ1) is 12.3. The number of hydrogen-bond acceptors (Lipinski definition) is 3. The van der Waals surface area contributed by atoms with E-state index in [9.17, 15) is 0 Å². The summed E-state index contributed by atoms with van der Waals surface area (Å²) in [7, 11) is 0. The zero-order valence-corrected chi connectivity index (χ0v) is 11.4. The van der Waals surface area contributed by atoms with Crippen LogP contribution in [-0.4, -0.2) is 6.21 Å². The van der Waals surface area contributed by atoms with Crippen molar-refractivity contribution in [3.05, 3.63) is 52.9 Å². The molecule has 0 spiro atoms. The van der Waals surface area contributed by atoms with E-state index in [-0.39, 0.29) is 0 Å². The first-order chi connectivity index (χ1) is 9.22. The number of nitrogens with one attached hydrogen (secondary N) is 1. The fourth-order valence-corrected chi connectivity index (χ4v) is 2.27. The summed E-state index contributed by atoms with van der Waals surface area (Å²) in [5.74, 6) is 3.18. The lowest BCUT2D eigenvalue weighted by atomic mass is 10.3. The molecule has 1 aromatic carbocycles. The van der Waals surface area contributed by atoms with Gasteiger partial charge in [-0.1, -0.05) is 24.6 Å². The summed E-state index contributed by atoms with van der Waals surface area (Å²) in [6, 6.07) is 11.4. The van der Waals surface area contributed by atoms with Gasteiger partial charge in [-0.3, -0.25) is 5.43 Å². The molecule has 1 aliphatic rings. The van der Waals surface area contributed by atoms with Gasteiger partial charge in [0.2, 0.25) is 0 Å². The minimum Gasteiger partial charge on any atom is -0.460 e. The fourth-order valence-electron chi connectivity index (χ4n) is 2.08. The molecule has 0 unspecified atom stereocenters. The van der Waals surface area contributed by atoms with Crippen LogP contribution < -0.4 is 5.43 Å². The van der Waals surface area contributed by atoms with Gasteiger partial charge < -0.3 is 4.42 Å². The Morgan fingerprint density at radius 3 is 2.95 bits per heavy atom. The Kier molecular flexibility index (Phi) is 3.30. The number of anilines is 1. The van der Waals surface area contributed by atoms with Gasteiger partial charge in [0.25, 0.3) is 0 Å². The van der Waals surface area contributed by atoms with E-state index in [0.29, 0.717) is 10.9 Å². The molecule has 3 rings (SSSR count). The van der Waals surface area contributed by atoms with Gasteiger partial charge in [-0.15, -0.1) is 0 Å². The van der Waals surface area contributed by atoms with E-state index < -0.39 is 0 Å². The van der Waals surface area contributed by atoms with Crippen molar-refractivity contribution in [1.82, 2.24) is 0 Å². The van der Waals surface area contributed by atoms with Crippen LogP contribution >= 0.6 is 11.6 Å². The van der Waals surface area contributed by atoms with Crippen LogP contribution in [-0.2, 0) is 0 Å². The Morgan fingerprint density at radius 1 is 1.37 bits per heavy atom. The molecule has 3 nitrogen and oxygen atoms in total. The van der Waals surface area contributed by atoms with Crippen LogP contribution in [0.25, 0.3) is 0 Å². The first-order valence-electron chi connectivity index (χ1n) is 6.37. The van der Waals surface area contributed by atoms with Crippen molar-refractivity contribution < 1.29 is 4.42 Å². The maximum absolute atomic E-state index is 5.89. The monoisotopic (exact) mass is 274 g/mol. The molecule has 1 aliphatic carbocycles. The molecule has 1 saturated carbocycles. The Morgan fingerprint density at radius 2 is 2.21 bits per heavy atom. The maximum Gasteiger partial charge on any atom is 0.147 e. The quantitative estimate of drug-likeness (QED) is 0.658. The lowest BCUT2D eigenvalue weighted by molar-refractivity contribution is 0.500. The van der Waals surface area contributed by atoms with E-state index >= 15 is 0 Å². The normalized spacial score (nSPS) is 21.8.